The van der Waals surface area contributed by atoms with Crippen molar-refractivity contribution in [2.24, 2.45) is 0 Å². The molecule has 1 aliphatic rings. The summed E-state index contributed by atoms with van der Waals surface area (Å²) < 4.78 is 11.5. The van der Waals surface area contributed by atoms with Crippen LogP contribution in [0, 0.1) is 0 Å². The third-order valence-corrected chi connectivity index (χ3v) is 4.51. The number of hydrogen-bond donors (Lipinski definition) is 1. The summed E-state index contributed by atoms with van der Waals surface area (Å²) in [4.78, 5) is 14.6. The Morgan fingerprint density at radius 3 is 2.70 bits per heavy atom. The van der Waals surface area contributed by atoms with Gasteiger partial charge in [-0.3, -0.25) is 4.79 Å². The van der Waals surface area contributed by atoms with Gasteiger partial charge in [0.2, 0.25) is 0 Å². The lowest BCUT2D eigenvalue weighted by molar-refractivity contribution is -0.0110. The van der Waals surface area contributed by atoms with Crippen molar-refractivity contribution in [1.82, 2.24) is 4.90 Å². The van der Waals surface area contributed by atoms with E-state index in [0.717, 1.165) is 43.0 Å². The minimum atomic E-state index is -0.111. The second-order valence-electron chi connectivity index (χ2n) is 7.22. The summed E-state index contributed by atoms with van der Waals surface area (Å²) in [6, 6.07) is 15.2. The molecule has 0 spiro atoms. The van der Waals surface area contributed by atoms with Crippen LogP contribution in [-0.4, -0.2) is 44.2 Å². The van der Waals surface area contributed by atoms with Crippen LogP contribution in [0.5, 0.6) is 5.75 Å². The highest BCUT2D eigenvalue weighted by Gasteiger charge is 2.14. The van der Waals surface area contributed by atoms with Gasteiger partial charge < -0.3 is 19.7 Å². The van der Waals surface area contributed by atoms with E-state index in [-0.39, 0.29) is 12.0 Å². The average molecular weight is 368 g/mol. The molecule has 1 aliphatic heterocycles. The molecule has 1 saturated heterocycles. The van der Waals surface area contributed by atoms with E-state index >= 15 is 0 Å². The van der Waals surface area contributed by atoms with Crippen LogP contribution in [0.1, 0.15) is 35.2 Å². The normalized spacial score (nSPS) is 16.9. The molecule has 144 valence electrons. The van der Waals surface area contributed by atoms with Gasteiger partial charge >= 0.3 is 0 Å². The lowest BCUT2D eigenvalue weighted by atomic mass is 10.1. The van der Waals surface area contributed by atoms with Gasteiger partial charge in [-0.15, -0.1) is 0 Å². The number of benzene rings is 2. The molecule has 0 radical (unpaired) electrons. The van der Waals surface area contributed by atoms with Crippen LogP contribution in [0.2, 0.25) is 0 Å². The number of carbonyl (C=O) groups excluding carboxylic acids is 1. The van der Waals surface area contributed by atoms with Crippen molar-refractivity contribution < 1.29 is 14.3 Å². The fourth-order valence-electron chi connectivity index (χ4n) is 3.14. The lowest BCUT2D eigenvalue weighted by Crippen LogP contribution is -2.25. The topological polar surface area (TPSA) is 50.8 Å². The molecule has 1 heterocycles. The molecule has 5 nitrogen and oxygen atoms in total. The van der Waals surface area contributed by atoms with Gasteiger partial charge in [-0.2, -0.15) is 0 Å². The molecule has 0 saturated carbocycles. The van der Waals surface area contributed by atoms with E-state index in [2.05, 4.69) is 10.2 Å². The van der Waals surface area contributed by atoms with Gasteiger partial charge in [0.1, 0.15) is 12.4 Å². The Bertz CT molecular complexity index is 737. The van der Waals surface area contributed by atoms with Gasteiger partial charge in [-0.05, 0) is 75.3 Å². The first kappa shape index (κ1) is 19.4. The maximum Gasteiger partial charge on any atom is 0.255 e. The maximum atomic E-state index is 12.5. The summed E-state index contributed by atoms with van der Waals surface area (Å²) in [5, 5.41) is 2.94. The van der Waals surface area contributed by atoms with Crippen LogP contribution >= 0.6 is 0 Å². The van der Waals surface area contributed by atoms with E-state index in [9.17, 15) is 4.79 Å². The Morgan fingerprint density at radius 2 is 2.00 bits per heavy atom. The predicted octanol–water partition coefficient (Wildman–Crippen LogP) is 3.95. The molecule has 1 amide bonds. The maximum absolute atomic E-state index is 12.5. The highest BCUT2D eigenvalue weighted by atomic mass is 16.5. The summed E-state index contributed by atoms with van der Waals surface area (Å²) >= 11 is 0. The zero-order valence-electron chi connectivity index (χ0n) is 16.1. The minimum Gasteiger partial charge on any atom is -0.491 e. The Morgan fingerprint density at radius 1 is 1.19 bits per heavy atom. The fourth-order valence-corrected chi connectivity index (χ4v) is 3.14. The minimum absolute atomic E-state index is 0.111. The second kappa shape index (κ2) is 9.53. The van der Waals surface area contributed by atoms with E-state index in [1.807, 2.05) is 62.6 Å². The first-order valence-electron chi connectivity index (χ1n) is 9.49. The van der Waals surface area contributed by atoms with E-state index in [4.69, 9.17) is 9.47 Å². The Balaban J connectivity index is 1.53. The Hall–Kier alpha value is -2.37. The number of nitrogens with one attached hydrogen (secondary N) is 1. The van der Waals surface area contributed by atoms with E-state index in [0.29, 0.717) is 12.2 Å². The summed E-state index contributed by atoms with van der Waals surface area (Å²) in [5.41, 5.74) is 2.52. The number of ether oxygens (including phenoxy) is 2. The van der Waals surface area contributed by atoms with Crippen LogP contribution in [-0.2, 0) is 11.3 Å². The van der Waals surface area contributed by atoms with E-state index in [1.54, 1.807) is 0 Å². The molecular weight excluding hydrogens is 340 g/mol. The van der Waals surface area contributed by atoms with Crippen molar-refractivity contribution in [2.75, 3.05) is 32.6 Å². The standard InChI is InChI=1S/C22H28N2O3/c1-24(2)15-17-6-5-7-18(14-17)22(25)23-19-9-11-20(12-10-19)27-16-21-8-3-4-13-26-21/h5-7,9-12,14,21H,3-4,8,13,15-16H2,1-2H3,(H,23,25). The van der Waals surface area contributed by atoms with Crippen LogP contribution in [0.15, 0.2) is 48.5 Å². The molecule has 1 atom stereocenters. The summed E-state index contributed by atoms with van der Waals surface area (Å²) in [7, 11) is 4.02. The van der Waals surface area contributed by atoms with Gasteiger partial charge in [0.25, 0.3) is 5.91 Å². The summed E-state index contributed by atoms with van der Waals surface area (Å²) in [5.74, 6) is 0.676. The average Bonchev–Trinajstić information content (AvgIpc) is 2.68. The third-order valence-electron chi connectivity index (χ3n) is 4.51. The largest absolute Gasteiger partial charge is 0.491 e. The third kappa shape index (κ3) is 6.08. The molecule has 5 heteroatoms. The highest BCUT2D eigenvalue weighted by Crippen LogP contribution is 2.19. The molecule has 2 aromatic rings. The van der Waals surface area contributed by atoms with Crippen molar-refractivity contribution in [3.8, 4) is 5.75 Å². The van der Waals surface area contributed by atoms with Crippen molar-refractivity contribution in [3.05, 3.63) is 59.7 Å². The molecule has 2 aromatic carbocycles. The Labute approximate surface area is 161 Å². The highest BCUT2D eigenvalue weighted by molar-refractivity contribution is 6.04. The zero-order valence-corrected chi connectivity index (χ0v) is 16.1. The number of carbonyl (C=O) groups is 1. The first-order chi connectivity index (χ1) is 13.1. The summed E-state index contributed by atoms with van der Waals surface area (Å²) in [6.07, 6.45) is 3.59. The van der Waals surface area contributed by atoms with E-state index < -0.39 is 0 Å². The summed E-state index contributed by atoms with van der Waals surface area (Å²) in [6.45, 7) is 2.21. The van der Waals surface area contributed by atoms with Gasteiger partial charge in [-0.25, -0.2) is 0 Å². The zero-order chi connectivity index (χ0) is 19.1. The number of hydrogen-bond acceptors (Lipinski definition) is 4. The van der Waals surface area contributed by atoms with Crippen LogP contribution < -0.4 is 10.1 Å². The number of amides is 1. The van der Waals surface area contributed by atoms with Crippen LogP contribution in [0.25, 0.3) is 0 Å². The second-order valence-corrected chi connectivity index (χ2v) is 7.22. The monoisotopic (exact) mass is 368 g/mol. The molecule has 1 unspecified atom stereocenters. The van der Waals surface area contributed by atoms with Crippen molar-refractivity contribution >= 4 is 11.6 Å². The molecule has 0 aromatic heterocycles. The molecular formula is C22H28N2O3. The number of rotatable bonds is 7. The molecule has 1 N–H and O–H groups in total. The molecule has 3 rings (SSSR count). The smallest absolute Gasteiger partial charge is 0.255 e. The van der Waals surface area contributed by atoms with Gasteiger partial charge in [0.05, 0.1) is 6.10 Å². The molecule has 0 bridgehead atoms. The molecule has 27 heavy (non-hydrogen) atoms. The predicted molar refractivity (Wildman–Crippen MR) is 107 cm³/mol. The van der Waals surface area contributed by atoms with Crippen LogP contribution in [0.3, 0.4) is 0 Å². The van der Waals surface area contributed by atoms with Crippen LogP contribution in [0.4, 0.5) is 5.69 Å². The number of nitrogens with zero attached hydrogens (tertiary/aromatic N) is 1. The number of anilines is 1. The van der Waals surface area contributed by atoms with Crippen molar-refractivity contribution in [1.29, 1.82) is 0 Å². The van der Waals surface area contributed by atoms with Crippen molar-refractivity contribution in [3.63, 3.8) is 0 Å². The van der Waals surface area contributed by atoms with Crippen molar-refractivity contribution in [2.45, 2.75) is 31.9 Å². The van der Waals surface area contributed by atoms with Gasteiger partial charge in [-0.1, -0.05) is 12.1 Å². The first-order valence-corrected chi connectivity index (χ1v) is 9.49. The molecule has 1 fully saturated rings. The van der Waals surface area contributed by atoms with Gasteiger partial charge in [0.15, 0.2) is 0 Å². The fraction of sp³-hybridized carbons (Fsp3) is 0.409. The SMILES string of the molecule is CN(C)Cc1cccc(C(=O)Nc2ccc(OCC3CCCCO3)cc2)c1. The Kier molecular flexibility index (Phi) is 6.85. The molecule has 0 aliphatic carbocycles. The van der Waals surface area contributed by atoms with E-state index in [1.165, 1.54) is 6.42 Å². The van der Waals surface area contributed by atoms with Gasteiger partial charge in [0, 0.05) is 24.4 Å². The quantitative estimate of drug-likeness (QED) is 0.804. The lowest BCUT2D eigenvalue weighted by Gasteiger charge is -2.22.